The van der Waals surface area contributed by atoms with Gasteiger partial charge in [-0.05, 0) is 47.6 Å². The SMILES string of the molecule is Ic1ccc(C2CC3(COC3)C2)nc1. The van der Waals surface area contributed by atoms with Crippen molar-refractivity contribution in [2.45, 2.75) is 18.8 Å². The van der Waals surface area contributed by atoms with Crippen LogP contribution < -0.4 is 0 Å². The molecule has 0 unspecified atom stereocenters. The van der Waals surface area contributed by atoms with Crippen LogP contribution in [0.5, 0.6) is 0 Å². The van der Waals surface area contributed by atoms with E-state index >= 15 is 0 Å². The molecule has 3 rings (SSSR count). The first-order valence-corrected chi connectivity index (χ1v) is 6.05. The molecule has 1 aromatic heterocycles. The van der Waals surface area contributed by atoms with Crippen LogP contribution in [0.1, 0.15) is 24.5 Å². The van der Waals surface area contributed by atoms with Crippen molar-refractivity contribution in [2.24, 2.45) is 5.41 Å². The summed E-state index contributed by atoms with van der Waals surface area (Å²) in [4.78, 5) is 4.48. The van der Waals surface area contributed by atoms with Crippen LogP contribution in [0.15, 0.2) is 18.3 Å². The summed E-state index contributed by atoms with van der Waals surface area (Å²) in [5, 5.41) is 0. The maximum atomic E-state index is 5.26. The molecule has 0 atom stereocenters. The Hall–Kier alpha value is -0.160. The van der Waals surface area contributed by atoms with Gasteiger partial charge in [0.25, 0.3) is 0 Å². The fraction of sp³-hybridized carbons (Fsp3) is 0.545. The molecule has 1 aromatic rings. The summed E-state index contributed by atoms with van der Waals surface area (Å²) >= 11 is 2.29. The molecule has 0 aromatic carbocycles. The second-order valence-corrected chi connectivity index (χ2v) is 5.74. The zero-order valence-corrected chi connectivity index (χ0v) is 10.0. The van der Waals surface area contributed by atoms with Crippen LogP contribution in [0.3, 0.4) is 0 Å². The summed E-state index contributed by atoms with van der Waals surface area (Å²) in [5.41, 5.74) is 1.82. The molecular formula is C11H12INO. The molecule has 1 spiro atoms. The molecule has 0 amide bonds. The van der Waals surface area contributed by atoms with Crippen LogP contribution >= 0.6 is 22.6 Å². The minimum atomic E-state index is 0.551. The number of hydrogen-bond acceptors (Lipinski definition) is 2. The van der Waals surface area contributed by atoms with Gasteiger partial charge in [-0.3, -0.25) is 4.98 Å². The Labute approximate surface area is 97.2 Å². The maximum absolute atomic E-state index is 5.26. The molecule has 2 fully saturated rings. The Bertz CT molecular complexity index is 337. The van der Waals surface area contributed by atoms with Crippen LogP contribution in [-0.2, 0) is 4.74 Å². The van der Waals surface area contributed by atoms with Gasteiger partial charge in [-0.2, -0.15) is 0 Å². The Morgan fingerprint density at radius 2 is 2.14 bits per heavy atom. The van der Waals surface area contributed by atoms with Crippen molar-refractivity contribution in [2.75, 3.05) is 13.2 Å². The normalized spacial score (nSPS) is 24.4. The summed E-state index contributed by atoms with van der Waals surface area (Å²) < 4.78 is 6.48. The largest absolute Gasteiger partial charge is 0.380 e. The minimum absolute atomic E-state index is 0.551. The van der Waals surface area contributed by atoms with E-state index in [1.165, 1.54) is 22.1 Å². The van der Waals surface area contributed by atoms with E-state index in [0.717, 1.165) is 13.2 Å². The molecule has 1 saturated heterocycles. The highest BCUT2D eigenvalue weighted by atomic mass is 127. The Morgan fingerprint density at radius 3 is 2.64 bits per heavy atom. The number of pyridine rings is 1. The van der Waals surface area contributed by atoms with Crippen LogP contribution in [0.25, 0.3) is 0 Å². The van der Waals surface area contributed by atoms with Crippen molar-refractivity contribution < 1.29 is 4.74 Å². The third-order valence-corrected chi connectivity index (χ3v) is 3.98. The molecule has 1 aliphatic carbocycles. The first-order valence-electron chi connectivity index (χ1n) is 4.97. The molecule has 0 radical (unpaired) electrons. The number of rotatable bonds is 1. The molecule has 0 bridgehead atoms. The summed E-state index contributed by atoms with van der Waals surface area (Å²) in [7, 11) is 0. The predicted molar refractivity (Wildman–Crippen MR) is 62.2 cm³/mol. The molecule has 1 aliphatic heterocycles. The molecule has 1 saturated carbocycles. The molecular weight excluding hydrogens is 289 g/mol. The molecule has 74 valence electrons. The van der Waals surface area contributed by atoms with E-state index in [9.17, 15) is 0 Å². The molecule has 3 heteroatoms. The van der Waals surface area contributed by atoms with Gasteiger partial charge in [-0.15, -0.1) is 0 Å². The van der Waals surface area contributed by atoms with E-state index in [-0.39, 0.29) is 0 Å². The van der Waals surface area contributed by atoms with Gasteiger partial charge in [0.05, 0.1) is 13.2 Å². The average molecular weight is 301 g/mol. The second-order valence-electron chi connectivity index (χ2n) is 4.50. The van der Waals surface area contributed by atoms with Crippen LogP contribution in [0.4, 0.5) is 0 Å². The van der Waals surface area contributed by atoms with E-state index in [1.54, 1.807) is 0 Å². The number of halogens is 1. The maximum Gasteiger partial charge on any atom is 0.0545 e. The van der Waals surface area contributed by atoms with Crippen LogP contribution in [0, 0.1) is 8.99 Å². The monoisotopic (exact) mass is 301 g/mol. The summed E-state index contributed by atoms with van der Waals surface area (Å²) in [6.45, 7) is 1.96. The second kappa shape index (κ2) is 3.17. The van der Waals surface area contributed by atoms with Gasteiger partial charge >= 0.3 is 0 Å². The van der Waals surface area contributed by atoms with E-state index < -0.39 is 0 Å². The lowest BCUT2D eigenvalue weighted by atomic mass is 9.60. The van der Waals surface area contributed by atoms with Gasteiger partial charge in [0, 0.05) is 26.8 Å². The Kier molecular flexibility index (Phi) is 2.06. The average Bonchev–Trinajstić information content (AvgIpc) is 2.03. The van der Waals surface area contributed by atoms with Crippen molar-refractivity contribution >= 4 is 22.6 Å². The standard InChI is InChI=1S/C11H12INO/c12-9-1-2-10(13-5-9)8-3-11(4-8)6-14-7-11/h1-2,5,8H,3-4,6-7H2. The zero-order valence-electron chi connectivity index (χ0n) is 7.87. The molecule has 14 heavy (non-hydrogen) atoms. The van der Waals surface area contributed by atoms with Gasteiger partial charge in [0.2, 0.25) is 0 Å². The van der Waals surface area contributed by atoms with Crippen molar-refractivity contribution in [3.05, 3.63) is 27.6 Å². The molecule has 2 nitrogen and oxygen atoms in total. The highest BCUT2D eigenvalue weighted by Crippen LogP contribution is 2.54. The minimum Gasteiger partial charge on any atom is -0.380 e. The van der Waals surface area contributed by atoms with E-state index in [2.05, 4.69) is 39.7 Å². The number of hydrogen-bond donors (Lipinski definition) is 0. The van der Waals surface area contributed by atoms with Gasteiger partial charge < -0.3 is 4.74 Å². The van der Waals surface area contributed by atoms with Crippen LogP contribution in [-0.4, -0.2) is 18.2 Å². The number of nitrogens with zero attached hydrogens (tertiary/aromatic N) is 1. The third kappa shape index (κ3) is 1.37. The van der Waals surface area contributed by atoms with Gasteiger partial charge in [0.1, 0.15) is 0 Å². The summed E-state index contributed by atoms with van der Waals surface area (Å²) in [6.07, 6.45) is 4.51. The zero-order chi connectivity index (χ0) is 9.60. The number of ether oxygens (including phenoxy) is 1. The fourth-order valence-corrected chi connectivity index (χ4v) is 2.77. The lowest BCUT2D eigenvalue weighted by Crippen LogP contribution is -2.51. The first-order chi connectivity index (χ1) is 6.77. The highest BCUT2D eigenvalue weighted by Gasteiger charge is 2.50. The van der Waals surface area contributed by atoms with Crippen LogP contribution in [0.2, 0.25) is 0 Å². The van der Waals surface area contributed by atoms with E-state index in [0.29, 0.717) is 11.3 Å². The van der Waals surface area contributed by atoms with Gasteiger partial charge in [-0.1, -0.05) is 0 Å². The number of aromatic nitrogens is 1. The summed E-state index contributed by atoms with van der Waals surface area (Å²) in [5.74, 6) is 0.691. The van der Waals surface area contributed by atoms with Crippen molar-refractivity contribution in [3.8, 4) is 0 Å². The molecule has 0 N–H and O–H groups in total. The van der Waals surface area contributed by atoms with Gasteiger partial charge in [-0.25, -0.2) is 0 Å². The quantitative estimate of drug-likeness (QED) is 0.744. The van der Waals surface area contributed by atoms with Gasteiger partial charge in [0.15, 0.2) is 0 Å². The summed E-state index contributed by atoms with van der Waals surface area (Å²) in [6, 6.07) is 4.31. The molecule has 2 heterocycles. The fourth-order valence-electron chi connectivity index (χ4n) is 2.45. The van der Waals surface area contributed by atoms with Crippen molar-refractivity contribution in [3.63, 3.8) is 0 Å². The Balaban J connectivity index is 1.70. The third-order valence-electron chi connectivity index (χ3n) is 3.34. The first kappa shape index (κ1) is 9.09. The predicted octanol–water partition coefficient (Wildman–Crippen LogP) is 2.58. The van der Waals surface area contributed by atoms with Crippen molar-refractivity contribution in [1.82, 2.24) is 4.98 Å². The lowest BCUT2D eigenvalue weighted by Gasteiger charge is -2.53. The van der Waals surface area contributed by atoms with Crippen molar-refractivity contribution in [1.29, 1.82) is 0 Å². The lowest BCUT2D eigenvalue weighted by molar-refractivity contribution is -0.164. The van der Waals surface area contributed by atoms with E-state index in [1.807, 2.05) is 6.20 Å². The Morgan fingerprint density at radius 1 is 1.36 bits per heavy atom. The topological polar surface area (TPSA) is 22.1 Å². The smallest absolute Gasteiger partial charge is 0.0545 e. The van der Waals surface area contributed by atoms with E-state index in [4.69, 9.17) is 4.74 Å². The highest BCUT2D eigenvalue weighted by molar-refractivity contribution is 14.1. The molecule has 2 aliphatic rings.